The lowest BCUT2D eigenvalue weighted by Crippen LogP contribution is -2.31. The quantitative estimate of drug-likeness (QED) is 0.180. The van der Waals surface area contributed by atoms with Gasteiger partial charge in [-0.25, -0.2) is 9.97 Å². The molecular weight excluding hydrogens is 509 g/mol. The first-order chi connectivity index (χ1) is 17.8. The van der Waals surface area contributed by atoms with Crippen LogP contribution >= 0.6 is 11.6 Å². The lowest BCUT2D eigenvalue weighted by molar-refractivity contribution is -0.142. The van der Waals surface area contributed by atoms with E-state index in [0.717, 1.165) is 11.9 Å². The van der Waals surface area contributed by atoms with Crippen LogP contribution in [0.2, 0.25) is 5.02 Å². The highest BCUT2D eigenvalue weighted by Crippen LogP contribution is 2.37. The molecule has 1 heterocycles. The summed E-state index contributed by atoms with van der Waals surface area (Å²) in [5.74, 6) is -1.64. The van der Waals surface area contributed by atoms with Gasteiger partial charge in [-0.2, -0.15) is 13.2 Å². The highest BCUT2D eigenvalue weighted by atomic mass is 35.5. The zero-order valence-corrected chi connectivity index (χ0v) is 20.1. The molecular formula is C26H20ClF3N4O3. The summed E-state index contributed by atoms with van der Waals surface area (Å²) in [6.45, 7) is 0.0819. The largest absolute Gasteiger partial charge is 0.497 e. The Balaban J connectivity index is 1.63. The van der Waals surface area contributed by atoms with Crippen molar-refractivity contribution in [1.29, 1.82) is 0 Å². The van der Waals surface area contributed by atoms with Crippen LogP contribution in [0.1, 0.15) is 28.4 Å². The second-order valence-electron chi connectivity index (χ2n) is 7.80. The lowest BCUT2D eigenvalue weighted by Gasteiger charge is -2.20. The maximum atomic E-state index is 14.0. The number of rotatable bonds is 8. The van der Waals surface area contributed by atoms with Gasteiger partial charge in [0.2, 0.25) is 5.91 Å². The van der Waals surface area contributed by atoms with E-state index in [1.54, 1.807) is 36.4 Å². The van der Waals surface area contributed by atoms with Gasteiger partial charge in [0, 0.05) is 5.02 Å². The van der Waals surface area contributed by atoms with Crippen molar-refractivity contribution in [3.63, 3.8) is 0 Å². The molecule has 1 N–H and O–H groups in total. The second kappa shape index (κ2) is 11.3. The molecule has 1 aromatic heterocycles. The Morgan fingerprint density at radius 2 is 1.76 bits per heavy atom. The van der Waals surface area contributed by atoms with Crippen LogP contribution in [0.25, 0.3) is 11.0 Å². The summed E-state index contributed by atoms with van der Waals surface area (Å²) >= 11 is 5.96. The minimum absolute atomic E-state index is 0.0568. The van der Waals surface area contributed by atoms with E-state index in [4.69, 9.17) is 21.2 Å². The van der Waals surface area contributed by atoms with Crippen LogP contribution in [0.5, 0.6) is 5.75 Å². The number of hydrogen-bond acceptors (Lipinski definition) is 6. The van der Waals surface area contributed by atoms with Crippen LogP contribution in [0.4, 0.5) is 13.2 Å². The number of alkyl halides is 3. The number of fused-ring (bicyclic) bond motifs is 1. The number of nitrogens with one attached hydrogen (secondary N) is 1. The smallest absolute Gasteiger partial charge is 0.435 e. The maximum Gasteiger partial charge on any atom is 0.435 e. The summed E-state index contributed by atoms with van der Waals surface area (Å²) in [7, 11) is 1.54. The van der Waals surface area contributed by atoms with Crippen LogP contribution in [0.15, 0.2) is 78.0 Å². The Labute approximate surface area is 214 Å². The fourth-order valence-corrected chi connectivity index (χ4v) is 3.72. The zero-order chi connectivity index (χ0) is 26.4. The number of methoxy groups -OCH3 is 1. The van der Waals surface area contributed by atoms with Crippen molar-refractivity contribution in [3.8, 4) is 5.75 Å². The third-order valence-electron chi connectivity index (χ3n) is 5.30. The van der Waals surface area contributed by atoms with Gasteiger partial charge in [-0.3, -0.25) is 4.79 Å². The van der Waals surface area contributed by atoms with Crippen molar-refractivity contribution in [1.82, 2.24) is 15.3 Å². The minimum Gasteiger partial charge on any atom is -0.497 e. The number of amides is 1. The normalized spacial score (nSPS) is 12.5. The molecule has 1 atom stereocenters. The van der Waals surface area contributed by atoms with Crippen LogP contribution < -0.4 is 10.1 Å². The lowest BCUT2D eigenvalue weighted by atomic mass is 9.92. The molecule has 0 aliphatic rings. The van der Waals surface area contributed by atoms with Gasteiger partial charge in [-0.15, -0.1) is 0 Å². The van der Waals surface area contributed by atoms with Crippen molar-refractivity contribution in [2.24, 2.45) is 5.16 Å². The molecule has 190 valence electrons. The number of aromatic nitrogens is 2. The molecule has 0 radical (unpaired) electrons. The summed E-state index contributed by atoms with van der Waals surface area (Å²) in [6, 6.07) is 19.1. The third-order valence-corrected chi connectivity index (χ3v) is 5.56. The number of halogens is 4. The van der Waals surface area contributed by atoms with Gasteiger partial charge >= 0.3 is 6.18 Å². The predicted molar refractivity (Wildman–Crippen MR) is 132 cm³/mol. The summed E-state index contributed by atoms with van der Waals surface area (Å²) in [5, 5.41) is 6.43. The predicted octanol–water partition coefficient (Wildman–Crippen LogP) is 5.72. The average Bonchev–Trinajstić information content (AvgIpc) is 2.89. The molecule has 0 aliphatic heterocycles. The van der Waals surface area contributed by atoms with Crippen LogP contribution in [0, 0.1) is 0 Å². The first kappa shape index (κ1) is 25.9. The number of carbonyl (C=O) groups excluding carboxylic acids is 1. The summed E-state index contributed by atoms with van der Waals surface area (Å²) in [6.07, 6.45) is -3.89. The molecule has 4 rings (SSSR count). The van der Waals surface area contributed by atoms with E-state index in [9.17, 15) is 18.0 Å². The summed E-state index contributed by atoms with van der Waals surface area (Å²) in [4.78, 5) is 26.4. The van der Waals surface area contributed by atoms with Crippen molar-refractivity contribution in [3.05, 3.63) is 100 Å². The van der Waals surface area contributed by atoms with Crippen LogP contribution in [-0.4, -0.2) is 29.3 Å². The molecule has 0 unspecified atom stereocenters. The van der Waals surface area contributed by atoms with E-state index >= 15 is 0 Å². The fraction of sp³-hybridized carbons (Fsp3) is 0.154. The monoisotopic (exact) mass is 528 g/mol. The van der Waals surface area contributed by atoms with Crippen molar-refractivity contribution in [2.75, 3.05) is 7.11 Å². The number of ether oxygens (including phenoxy) is 1. The van der Waals surface area contributed by atoms with Crippen molar-refractivity contribution in [2.45, 2.75) is 18.7 Å². The standard InChI is InChI=1S/C26H20ClF3N4O3/c1-36-19-6-4-5-16(13-19)14-37-32-15-31-25(35)22(17-9-11-18(27)12-10-17)23-24(26(28,29)30)34-21-8-3-2-7-20(21)33-23/h2-13,15,22H,14H2,1H3,(H,31,32,35)/t22-/m0/s1. The topological polar surface area (TPSA) is 85.7 Å². The number of para-hydroxylation sites is 2. The molecule has 0 fully saturated rings. The Hall–Kier alpha value is -4.18. The SMILES string of the molecule is COc1cccc(CON=CNC(=O)[C@@H](c2ccc(Cl)cc2)c2nc3ccccc3nc2C(F)(F)F)c1. The average molecular weight is 529 g/mol. The molecule has 11 heteroatoms. The minimum atomic E-state index is -4.86. The molecule has 37 heavy (non-hydrogen) atoms. The second-order valence-corrected chi connectivity index (χ2v) is 8.23. The number of benzene rings is 3. The first-order valence-electron chi connectivity index (χ1n) is 10.9. The third kappa shape index (κ3) is 6.34. The zero-order valence-electron chi connectivity index (χ0n) is 19.4. The van der Waals surface area contributed by atoms with Gasteiger partial charge < -0.3 is 14.9 Å². The van der Waals surface area contributed by atoms with E-state index in [1.807, 2.05) is 0 Å². The first-order valence-corrected chi connectivity index (χ1v) is 11.3. The van der Waals surface area contributed by atoms with E-state index < -0.39 is 29.4 Å². The number of hydrogen-bond donors (Lipinski definition) is 1. The van der Waals surface area contributed by atoms with E-state index in [0.29, 0.717) is 10.8 Å². The van der Waals surface area contributed by atoms with Gasteiger partial charge in [0.05, 0.1) is 23.8 Å². The van der Waals surface area contributed by atoms with Gasteiger partial charge in [-0.05, 0) is 47.5 Å². The van der Waals surface area contributed by atoms with E-state index in [-0.39, 0.29) is 23.2 Å². The van der Waals surface area contributed by atoms with E-state index in [2.05, 4.69) is 20.4 Å². The number of nitrogens with zero attached hydrogens (tertiary/aromatic N) is 3. The Morgan fingerprint density at radius 3 is 2.43 bits per heavy atom. The fourth-order valence-electron chi connectivity index (χ4n) is 3.60. The highest BCUT2D eigenvalue weighted by molar-refractivity contribution is 6.30. The van der Waals surface area contributed by atoms with Crippen LogP contribution in [0.3, 0.4) is 0 Å². The molecule has 3 aromatic carbocycles. The Morgan fingerprint density at radius 1 is 1.05 bits per heavy atom. The Kier molecular flexibility index (Phi) is 7.88. The summed E-state index contributed by atoms with van der Waals surface area (Å²) < 4.78 is 47.3. The van der Waals surface area contributed by atoms with Crippen molar-refractivity contribution < 1.29 is 27.5 Å². The molecule has 0 saturated heterocycles. The molecule has 1 amide bonds. The van der Waals surface area contributed by atoms with Crippen molar-refractivity contribution >= 4 is 34.9 Å². The molecule has 0 bridgehead atoms. The molecule has 0 spiro atoms. The molecule has 0 saturated carbocycles. The van der Waals surface area contributed by atoms with E-state index in [1.165, 1.54) is 43.5 Å². The van der Waals surface area contributed by atoms with Crippen LogP contribution in [-0.2, 0) is 22.4 Å². The number of oxime groups is 1. The molecule has 4 aromatic rings. The van der Waals surface area contributed by atoms with Gasteiger partial charge in [0.25, 0.3) is 0 Å². The van der Waals surface area contributed by atoms with Gasteiger partial charge in [0.1, 0.15) is 24.6 Å². The maximum absolute atomic E-state index is 14.0. The molecule has 0 aliphatic carbocycles. The summed E-state index contributed by atoms with van der Waals surface area (Å²) in [5.41, 5.74) is -0.524. The Bertz CT molecular complexity index is 1430. The number of carbonyl (C=O) groups is 1. The van der Waals surface area contributed by atoms with Gasteiger partial charge in [-0.1, -0.05) is 53.2 Å². The highest BCUT2D eigenvalue weighted by Gasteiger charge is 2.41. The molecule has 7 nitrogen and oxygen atoms in total. The van der Waals surface area contributed by atoms with Gasteiger partial charge in [0.15, 0.2) is 5.69 Å².